The lowest BCUT2D eigenvalue weighted by molar-refractivity contribution is -1.02. The molecule has 0 saturated carbocycles. The Morgan fingerprint density at radius 2 is 1.72 bits per heavy atom. The first kappa shape index (κ1) is 20.0. The molecule has 29 heavy (non-hydrogen) atoms. The molecule has 1 fully saturated rings. The molecule has 0 bridgehead atoms. The highest BCUT2D eigenvalue weighted by Gasteiger charge is 2.26. The summed E-state index contributed by atoms with van der Waals surface area (Å²) < 4.78 is 1.27. The molecule has 1 amide bonds. The van der Waals surface area contributed by atoms with Gasteiger partial charge in [0.15, 0.2) is 6.54 Å². The number of hydrogen-bond donors (Lipinski definition) is 2. The van der Waals surface area contributed by atoms with Crippen LogP contribution < -0.4 is 9.80 Å². The van der Waals surface area contributed by atoms with Crippen molar-refractivity contribution in [3.05, 3.63) is 64.7 Å². The van der Waals surface area contributed by atoms with Crippen molar-refractivity contribution in [1.82, 2.24) is 9.88 Å². The van der Waals surface area contributed by atoms with Gasteiger partial charge in [-0.3, -0.25) is 4.79 Å². The minimum absolute atomic E-state index is 0.232. The zero-order chi connectivity index (χ0) is 20.2. The minimum atomic E-state index is 0.232. The van der Waals surface area contributed by atoms with Gasteiger partial charge >= 0.3 is 0 Å². The SMILES string of the molecule is Cc1ccc(CN(C)C(=O)C[NH+]2CC[NH+](Cc3nc4ccccc4s3)CC2)cc1. The molecule has 2 aromatic carbocycles. The summed E-state index contributed by atoms with van der Waals surface area (Å²) >= 11 is 1.81. The van der Waals surface area contributed by atoms with Crippen molar-refractivity contribution in [2.45, 2.75) is 20.0 Å². The van der Waals surface area contributed by atoms with Crippen molar-refractivity contribution in [1.29, 1.82) is 0 Å². The Labute approximate surface area is 176 Å². The molecule has 1 aromatic heterocycles. The molecule has 2 heterocycles. The summed E-state index contributed by atoms with van der Waals surface area (Å²) in [6.07, 6.45) is 0. The van der Waals surface area contributed by atoms with E-state index in [1.807, 2.05) is 29.4 Å². The first-order valence-electron chi connectivity index (χ1n) is 10.4. The normalized spacial score (nSPS) is 19.4. The van der Waals surface area contributed by atoms with Crippen LogP contribution in [0.3, 0.4) is 0 Å². The molecule has 2 N–H and O–H groups in total. The number of piperazine rings is 1. The van der Waals surface area contributed by atoms with Crippen molar-refractivity contribution in [2.24, 2.45) is 0 Å². The van der Waals surface area contributed by atoms with Crippen molar-refractivity contribution >= 4 is 27.5 Å². The fourth-order valence-corrected chi connectivity index (χ4v) is 4.96. The molecule has 0 aliphatic carbocycles. The summed E-state index contributed by atoms with van der Waals surface area (Å²) in [7, 11) is 1.91. The van der Waals surface area contributed by atoms with Crippen LogP contribution in [0.15, 0.2) is 48.5 Å². The maximum Gasteiger partial charge on any atom is 0.277 e. The van der Waals surface area contributed by atoms with Crippen LogP contribution in [0.25, 0.3) is 10.2 Å². The minimum Gasteiger partial charge on any atom is -0.337 e. The number of amides is 1. The molecule has 4 rings (SSSR count). The van der Waals surface area contributed by atoms with E-state index in [0.29, 0.717) is 13.1 Å². The van der Waals surface area contributed by atoms with E-state index in [2.05, 4.69) is 49.4 Å². The Morgan fingerprint density at radius 1 is 1.03 bits per heavy atom. The van der Waals surface area contributed by atoms with Crippen molar-refractivity contribution in [2.75, 3.05) is 39.8 Å². The number of quaternary nitrogens is 2. The number of aryl methyl sites for hydroxylation is 1. The number of aromatic nitrogens is 1. The quantitative estimate of drug-likeness (QED) is 0.623. The highest BCUT2D eigenvalue weighted by Crippen LogP contribution is 2.20. The van der Waals surface area contributed by atoms with Gasteiger partial charge in [0.05, 0.1) is 10.2 Å². The van der Waals surface area contributed by atoms with Crippen LogP contribution in [0.2, 0.25) is 0 Å². The van der Waals surface area contributed by atoms with E-state index in [4.69, 9.17) is 4.98 Å². The number of nitrogens with one attached hydrogen (secondary N) is 2. The van der Waals surface area contributed by atoms with E-state index in [1.165, 1.54) is 25.7 Å². The van der Waals surface area contributed by atoms with E-state index in [0.717, 1.165) is 38.2 Å². The summed E-state index contributed by atoms with van der Waals surface area (Å²) in [5, 5.41) is 1.22. The molecule has 3 aromatic rings. The monoisotopic (exact) mass is 410 g/mol. The van der Waals surface area contributed by atoms with E-state index < -0.39 is 0 Å². The number of fused-ring (bicyclic) bond motifs is 1. The highest BCUT2D eigenvalue weighted by atomic mass is 32.1. The van der Waals surface area contributed by atoms with E-state index in [-0.39, 0.29) is 5.91 Å². The fourth-order valence-electron chi connectivity index (χ4n) is 3.92. The van der Waals surface area contributed by atoms with Crippen LogP contribution in [-0.4, -0.2) is 55.6 Å². The van der Waals surface area contributed by atoms with Gasteiger partial charge in [0.25, 0.3) is 5.91 Å². The molecule has 6 heteroatoms. The third-order valence-corrected chi connectivity index (χ3v) is 6.81. The largest absolute Gasteiger partial charge is 0.337 e. The second-order valence-electron chi connectivity index (χ2n) is 8.16. The number of para-hydroxylation sites is 1. The second-order valence-corrected chi connectivity index (χ2v) is 9.28. The van der Waals surface area contributed by atoms with Crippen molar-refractivity contribution in [3.8, 4) is 0 Å². The molecular weight excluding hydrogens is 380 g/mol. The van der Waals surface area contributed by atoms with Gasteiger partial charge in [-0.15, -0.1) is 11.3 Å². The highest BCUT2D eigenvalue weighted by molar-refractivity contribution is 7.18. The van der Waals surface area contributed by atoms with Crippen LogP contribution in [0.5, 0.6) is 0 Å². The maximum absolute atomic E-state index is 12.6. The molecule has 5 nitrogen and oxygen atoms in total. The van der Waals surface area contributed by atoms with Gasteiger partial charge in [0.2, 0.25) is 0 Å². The Hall–Kier alpha value is -2.28. The van der Waals surface area contributed by atoms with Crippen LogP contribution in [-0.2, 0) is 17.9 Å². The van der Waals surface area contributed by atoms with Gasteiger partial charge in [-0.2, -0.15) is 0 Å². The Kier molecular flexibility index (Phi) is 6.23. The summed E-state index contributed by atoms with van der Waals surface area (Å²) in [5.74, 6) is 0.232. The lowest BCUT2D eigenvalue weighted by atomic mass is 10.1. The predicted octanol–water partition coefficient (Wildman–Crippen LogP) is 0.547. The lowest BCUT2D eigenvalue weighted by Crippen LogP contribution is -3.28. The predicted molar refractivity (Wildman–Crippen MR) is 117 cm³/mol. The van der Waals surface area contributed by atoms with Crippen molar-refractivity contribution in [3.63, 3.8) is 0 Å². The van der Waals surface area contributed by atoms with Crippen molar-refractivity contribution < 1.29 is 14.6 Å². The van der Waals surface area contributed by atoms with E-state index in [1.54, 1.807) is 4.90 Å². The van der Waals surface area contributed by atoms with Crippen LogP contribution in [0.4, 0.5) is 0 Å². The molecule has 1 saturated heterocycles. The van der Waals surface area contributed by atoms with Gasteiger partial charge < -0.3 is 14.7 Å². The van der Waals surface area contributed by atoms with Crippen LogP contribution in [0, 0.1) is 6.92 Å². The summed E-state index contributed by atoms with van der Waals surface area (Å²) in [6.45, 7) is 8.64. The van der Waals surface area contributed by atoms with Crippen LogP contribution in [0.1, 0.15) is 16.1 Å². The molecular formula is C23H30N4OS+2. The molecule has 1 aliphatic rings. The van der Waals surface area contributed by atoms with Gasteiger partial charge in [0.1, 0.15) is 37.7 Å². The molecule has 152 valence electrons. The fraction of sp³-hybridized carbons (Fsp3) is 0.391. The number of nitrogens with zero attached hydrogens (tertiary/aromatic N) is 2. The number of benzene rings is 2. The average molecular weight is 411 g/mol. The molecule has 0 radical (unpaired) electrons. The second kappa shape index (κ2) is 9.03. The lowest BCUT2D eigenvalue weighted by Gasteiger charge is -2.30. The van der Waals surface area contributed by atoms with E-state index in [9.17, 15) is 4.79 Å². The average Bonchev–Trinajstić information content (AvgIpc) is 3.13. The third-order valence-electron chi connectivity index (χ3n) is 5.77. The van der Waals surface area contributed by atoms with Gasteiger partial charge in [-0.25, -0.2) is 4.98 Å². The topological polar surface area (TPSA) is 42.1 Å². The Balaban J connectivity index is 1.23. The Morgan fingerprint density at radius 3 is 2.45 bits per heavy atom. The molecule has 0 unspecified atom stereocenters. The van der Waals surface area contributed by atoms with Crippen LogP contribution >= 0.6 is 11.3 Å². The molecule has 0 spiro atoms. The first-order chi connectivity index (χ1) is 14.1. The first-order valence-corrected chi connectivity index (χ1v) is 11.2. The molecule has 0 atom stereocenters. The number of hydrogen-bond acceptors (Lipinski definition) is 3. The Bertz CT molecular complexity index is 927. The van der Waals surface area contributed by atoms with Gasteiger partial charge in [-0.1, -0.05) is 42.0 Å². The number of carbonyl (C=O) groups excluding carboxylic acids is 1. The summed E-state index contributed by atoms with van der Waals surface area (Å²) in [4.78, 5) is 22.3. The number of thiazole rings is 1. The smallest absolute Gasteiger partial charge is 0.277 e. The standard InChI is InChI=1S/C23H28N4OS/c1-18-7-9-19(10-8-18)15-25(2)23(28)17-27-13-11-26(12-14-27)16-22-24-20-5-3-4-6-21(20)29-22/h3-10H,11-17H2,1-2H3/p+2. The maximum atomic E-state index is 12.6. The number of likely N-dealkylation sites (N-methyl/N-ethyl adjacent to an activating group) is 1. The third kappa shape index (κ3) is 5.21. The number of rotatable bonds is 6. The summed E-state index contributed by atoms with van der Waals surface area (Å²) in [6, 6.07) is 16.8. The summed E-state index contributed by atoms with van der Waals surface area (Å²) in [5.41, 5.74) is 3.54. The zero-order valence-corrected chi connectivity index (χ0v) is 18.1. The van der Waals surface area contributed by atoms with E-state index >= 15 is 0 Å². The van der Waals surface area contributed by atoms with Gasteiger partial charge in [-0.05, 0) is 24.6 Å². The molecule has 1 aliphatic heterocycles. The zero-order valence-electron chi connectivity index (χ0n) is 17.3. The van der Waals surface area contributed by atoms with Gasteiger partial charge in [0, 0.05) is 13.6 Å². The number of carbonyl (C=O) groups is 1.